The molecule has 0 fully saturated rings. The second kappa shape index (κ2) is 5.57. The number of aromatic amines is 1. The molecule has 1 aliphatic heterocycles. The highest BCUT2D eigenvalue weighted by atomic mass is 16.5. The molecule has 0 saturated heterocycles. The van der Waals surface area contributed by atoms with Crippen LogP contribution < -0.4 is 0 Å². The van der Waals surface area contributed by atoms with Crippen molar-refractivity contribution in [3.05, 3.63) is 84.2 Å². The van der Waals surface area contributed by atoms with E-state index in [0.717, 1.165) is 44.6 Å². The SMILES string of the molecule is O=C1OCc2ccc(-c3c(-c4ccccc4)cn4c3[nH]c3ccccc34)nc21. The van der Waals surface area contributed by atoms with Crippen LogP contribution >= 0.6 is 0 Å². The number of esters is 1. The highest BCUT2D eigenvalue weighted by Crippen LogP contribution is 2.38. The van der Waals surface area contributed by atoms with Gasteiger partial charge in [-0.2, -0.15) is 0 Å². The summed E-state index contributed by atoms with van der Waals surface area (Å²) < 4.78 is 7.28. The van der Waals surface area contributed by atoms with Gasteiger partial charge >= 0.3 is 5.97 Å². The number of H-pyrrole nitrogens is 1. The number of carbonyl (C=O) groups excluding carboxylic acids is 1. The molecule has 1 N–H and O–H groups in total. The lowest BCUT2D eigenvalue weighted by Crippen LogP contribution is -1.99. The fourth-order valence-electron chi connectivity index (χ4n) is 3.96. The Balaban J connectivity index is 1.70. The second-order valence-corrected chi connectivity index (χ2v) is 6.92. The third kappa shape index (κ3) is 2.07. The van der Waals surface area contributed by atoms with Crippen LogP contribution in [0.2, 0.25) is 0 Å². The first-order chi connectivity index (χ1) is 13.8. The summed E-state index contributed by atoms with van der Waals surface area (Å²) in [6, 6.07) is 22.3. The standard InChI is InChI=1S/C23H15N3O2/c27-23-21-15(13-28-23)10-11-18(24-21)20-16(14-6-2-1-3-7-14)12-26-19-9-5-4-8-17(19)25-22(20)26/h1-12,25H,13H2. The molecule has 3 aromatic heterocycles. The average Bonchev–Trinajstić information content (AvgIpc) is 3.40. The van der Waals surface area contributed by atoms with E-state index in [1.54, 1.807) is 0 Å². The molecule has 2 aromatic carbocycles. The number of carbonyl (C=O) groups is 1. The molecule has 4 heterocycles. The van der Waals surface area contributed by atoms with Crippen molar-refractivity contribution < 1.29 is 9.53 Å². The molecule has 1 aliphatic rings. The van der Waals surface area contributed by atoms with Gasteiger partial charge in [-0.15, -0.1) is 0 Å². The number of imidazole rings is 1. The largest absolute Gasteiger partial charge is 0.456 e. The van der Waals surface area contributed by atoms with Crippen LogP contribution in [-0.2, 0) is 11.3 Å². The van der Waals surface area contributed by atoms with Crippen molar-refractivity contribution in [2.45, 2.75) is 6.61 Å². The summed E-state index contributed by atoms with van der Waals surface area (Å²) in [7, 11) is 0. The van der Waals surface area contributed by atoms with Gasteiger partial charge in [0.2, 0.25) is 0 Å². The lowest BCUT2D eigenvalue weighted by atomic mass is 10.0. The Labute approximate surface area is 160 Å². The molecular formula is C23H15N3O2. The van der Waals surface area contributed by atoms with Gasteiger partial charge in [0, 0.05) is 17.3 Å². The molecule has 5 aromatic rings. The van der Waals surface area contributed by atoms with Crippen molar-refractivity contribution in [3.8, 4) is 22.4 Å². The maximum atomic E-state index is 12.0. The fraction of sp³-hybridized carbons (Fsp3) is 0.0435. The average molecular weight is 365 g/mol. The minimum atomic E-state index is -0.356. The zero-order chi connectivity index (χ0) is 18.7. The Bertz CT molecular complexity index is 1380. The minimum absolute atomic E-state index is 0.296. The summed E-state index contributed by atoms with van der Waals surface area (Å²) in [6.45, 7) is 0.296. The summed E-state index contributed by atoms with van der Waals surface area (Å²) in [5.41, 5.74) is 8.25. The first-order valence-electron chi connectivity index (χ1n) is 9.14. The van der Waals surface area contributed by atoms with Gasteiger partial charge in [-0.25, -0.2) is 9.78 Å². The maximum Gasteiger partial charge on any atom is 0.357 e. The number of rotatable bonds is 2. The number of ether oxygens (including phenoxy) is 1. The molecule has 0 atom stereocenters. The predicted molar refractivity (Wildman–Crippen MR) is 107 cm³/mol. The van der Waals surface area contributed by atoms with E-state index >= 15 is 0 Å². The molecule has 5 heteroatoms. The molecule has 0 radical (unpaired) electrons. The number of pyridine rings is 1. The van der Waals surface area contributed by atoms with Crippen LogP contribution in [0.3, 0.4) is 0 Å². The summed E-state index contributed by atoms with van der Waals surface area (Å²) in [5.74, 6) is -0.356. The van der Waals surface area contributed by atoms with Crippen molar-refractivity contribution in [2.75, 3.05) is 0 Å². The number of fused-ring (bicyclic) bond motifs is 4. The Kier molecular flexibility index (Phi) is 3.03. The van der Waals surface area contributed by atoms with Gasteiger partial charge in [-0.3, -0.25) is 0 Å². The fourth-order valence-corrected chi connectivity index (χ4v) is 3.96. The van der Waals surface area contributed by atoms with Crippen LogP contribution in [0.4, 0.5) is 0 Å². The lowest BCUT2D eigenvalue weighted by Gasteiger charge is -2.05. The number of hydrogen-bond donors (Lipinski definition) is 1. The quantitative estimate of drug-likeness (QED) is 0.456. The van der Waals surface area contributed by atoms with E-state index in [1.165, 1.54) is 0 Å². The van der Waals surface area contributed by atoms with Crippen molar-refractivity contribution >= 4 is 22.6 Å². The molecule has 134 valence electrons. The Hall–Kier alpha value is -3.86. The van der Waals surface area contributed by atoms with Crippen molar-refractivity contribution in [3.63, 3.8) is 0 Å². The molecule has 0 aliphatic carbocycles. The van der Waals surface area contributed by atoms with Crippen LogP contribution in [0.25, 0.3) is 39.1 Å². The third-order valence-corrected chi connectivity index (χ3v) is 5.29. The van der Waals surface area contributed by atoms with Gasteiger partial charge in [-0.05, 0) is 23.8 Å². The number of aromatic nitrogens is 3. The van der Waals surface area contributed by atoms with Crippen molar-refractivity contribution in [1.82, 2.24) is 14.4 Å². The zero-order valence-corrected chi connectivity index (χ0v) is 14.8. The molecular weight excluding hydrogens is 350 g/mol. The van der Waals surface area contributed by atoms with Crippen molar-refractivity contribution in [1.29, 1.82) is 0 Å². The summed E-state index contributed by atoms with van der Waals surface area (Å²) in [6.07, 6.45) is 2.13. The molecule has 5 nitrogen and oxygen atoms in total. The molecule has 6 rings (SSSR count). The number of benzene rings is 2. The van der Waals surface area contributed by atoms with Gasteiger partial charge in [0.1, 0.15) is 12.3 Å². The smallest absolute Gasteiger partial charge is 0.357 e. The molecule has 28 heavy (non-hydrogen) atoms. The number of hydrogen-bond acceptors (Lipinski definition) is 3. The van der Waals surface area contributed by atoms with E-state index < -0.39 is 0 Å². The van der Waals surface area contributed by atoms with Gasteiger partial charge in [-0.1, -0.05) is 48.5 Å². The third-order valence-electron chi connectivity index (χ3n) is 5.29. The van der Waals surface area contributed by atoms with E-state index in [0.29, 0.717) is 12.3 Å². The maximum absolute atomic E-state index is 12.0. The van der Waals surface area contributed by atoms with Gasteiger partial charge in [0.15, 0.2) is 5.69 Å². The number of nitrogens with zero attached hydrogens (tertiary/aromatic N) is 2. The highest BCUT2D eigenvalue weighted by molar-refractivity contribution is 5.98. The van der Waals surface area contributed by atoms with E-state index in [-0.39, 0.29) is 5.97 Å². The Morgan fingerprint density at radius 1 is 0.964 bits per heavy atom. The molecule has 0 saturated carbocycles. The summed E-state index contributed by atoms with van der Waals surface area (Å²) >= 11 is 0. The normalized spacial score (nSPS) is 13.2. The van der Waals surface area contributed by atoms with Crippen LogP contribution in [0.15, 0.2) is 72.9 Å². The zero-order valence-electron chi connectivity index (χ0n) is 14.8. The highest BCUT2D eigenvalue weighted by Gasteiger charge is 2.25. The Morgan fingerprint density at radius 2 is 1.79 bits per heavy atom. The number of para-hydroxylation sites is 2. The van der Waals surface area contributed by atoms with Crippen LogP contribution in [0.1, 0.15) is 16.1 Å². The molecule has 0 unspecified atom stereocenters. The Morgan fingerprint density at radius 3 is 2.68 bits per heavy atom. The monoisotopic (exact) mass is 365 g/mol. The minimum Gasteiger partial charge on any atom is -0.456 e. The summed E-state index contributed by atoms with van der Waals surface area (Å²) in [4.78, 5) is 20.2. The van der Waals surface area contributed by atoms with E-state index in [1.807, 2.05) is 42.5 Å². The number of cyclic esters (lactones) is 1. The van der Waals surface area contributed by atoms with Crippen LogP contribution in [0.5, 0.6) is 0 Å². The molecule has 0 spiro atoms. The predicted octanol–water partition coefficient (Wildman–Crippen LogP) is 4.82. The lowest BCUT2D eigenvalue weighted by molar-refractivity contribution is 0.0531. The molecule has 0 bridgehead atoms. The van der Waals surface area contributed by atoms with Crippen molar-refractivity contribution in [2.24, 2.45) is 0 Å². The van der Waals surface area contributed by atoms with Crippen LogP contribution in [-0.4, -0.2) is 20.3 Å². The van der Waals surface area contributed by atoms with Gasteiger partial charge < -0.3 is 14.1 Å². The van der Waals surface area contributed by atoms with Gasteiger partial charge in [0.05, 0.1) is 22.3 Å². The molecule has 0 amide bonds. The van der Waals surface area contributed by atoms with E-state index in [2.05, 4.69) is 44.8 Å². The number of nitrogens with one attached hydrogen (secondary N) is 1. The van der Waals surface area contributed by atoms with Gasteiger partial charge in [0.25, 0.3) is 0 Å². The van der Waals surface area contributed by atoms with Crippen LogP contribution in [0, 0.1) is 0 Å². The first-order valence-corrected chi connectivity index (χ1v) is 9.14. The second-order valence-electron chi connectivity index (χ2n) is 6.92. The van der Waals surface area contributed by atoms with E-state index in [9.17, 15) is 4.79 Å². The first kappa shape index (κ1) is 15.2. The van der Waals surface area contributed by atoms with E-state index in [4.69, 9.17) is 4.74 Å². The topological polar surface area (TPSA) is 59.4 Å². The summed E-state index contributed by atoms with van der Waals surface area (Å²) in [5, 5.41) is 0.